The molecular weight excluding hydrogens is 490 g/mol. The lowest BCUT2D eigenvalue weighted by atomic mass is 10.1. The monoisotopic (exact) mass is 495 g/mol. The molecule has 18 heteroatoms. The van der Waals surface area contributed by atoms with E-state index in [0.29, 0.717) is 24.3 Å². The zero-order valence-corrected chi connectivity index (χ0v) is 14.4. The van der Waals surface area contributed by atoms with Gasteiger partial charge in [-0.2, -0.15) is 48.3 Å². The van der Waals surface area contributed by atoms with Gasteiger partial charge in [0, 0.05) is 0 Å². The minimum atomic E-state index is -7.29. The van der Waals surface area contributed by atoms with Crippen LogP contribution in [0.15, 0.2) is 24.3 Å². The first-order valence-corrected chi connectivity index (χ1v) is 7.46. The highest BCUT2D eigenvalue weighted by Gasteiger charge is 2.91. The van der Waals surface area contributed by atoms with Crippen LogP contribution in [0.4, 0.5) is 52.7 Å². The Hall–Kier alpha value is -2.76. The number of nitrogens with zero attached hydrogens (tertiary/aromatic N) is 1. The molecule has 1 aromatic carbocycles. The Balaban J connectivity index is 2.66. The Morgan fingerprint density at radius 2 is 1.25 bits per heavy atom. The summed E-state index contributed by atoms with van der Waals surface area (Å²) in [6.07, 6.45) is -21.0. The van der Waals surface area contributed by atoms with Gasteiger partial charge in [0.1, 0.15) is 5.75 Å². The molecule has 0 radical (unpaired) electrons. The van der Waals surface area contributed by atoms with Crippen molar-refractivity contribution >= 4 is 11.9 Å². The van der Waals surface area contributed by atoms with Crippen LogP contribution >= 0.6 is 0 Å². The van der Waals surface area contributed by atoms with Crippen LogP contribution in [0.25, 0.3) is 0 Å². The maximum absolute atomic E-state index is 14.7. The van der Waals surface area contributed by atoms with Gasteiger partial charge in [0.05, 0.1) is 5.56 Å². The number of alkyl halides is 12. The van der Waals surface area contributed by atoms with Crippen LogP contribution in [0, 0.1) is 0 Å². The number of rotatable bonds is 4. The Morgan fingerprint density at radius 3 is 1.59 bits per heavy atom. The number of benzene rings is 1. The molecule has 2 rings (SSSR count). The number of esters is 1. The molecule has 0 amide bonds. The predicted molar refractivity (Wildman–Crippen MR) is 71.6 cm³/mol. The lowest BCUT2D eigenvalue weighted by Gasteiger charge is -2.50. The van der Waals surface area contributed by atoms with E-state index in [1.54, 1.807) is 0 Å². The van der Waals surface area contributed by atoms with Gasteiger partial charge in [0.2, 0.25) is 0 Å². The summed E-state index contributed by atoms with van der Waals surface area (Å²) in [7, 11) is 0. The minimum absolute atomic E-state index is 0.316. The van der Waals surface area contributed by atoms with Gasteiger partial charge < -0.3 is 9.84 Å². The fourth-order valence-electron chi connectivity index (χ4n) is 2.28. The van der Waals surface area contributed by atoms with Crippen molar-refractivity contribution in [3.8, 4) is 5.75 Å². The first kappa shape index (κ1) is 25.5. The standard InChI is InChI=1S/C14H5F12NO5/c15-9(10(16,17)18,8(30)31-6-3-1-5(2-4-6)7(28)29)27-11(19,20)13(23,24)32-14(25,26)12(27,21)22/h1-4H,(H,28,29)/t9-/m0/s1. The second kappa shape index (κ2) is 7.12. The van der Waals surface area contributed by atoms with E-state index < -0.39 is 64.4 Å². The molecule has 1 aliphatic rings. The van der Waals surface area contributed by atoms with Gasteiger partial charge in [-0.05, 0) is 24.3 Å². The highest BCUT2D eigenvalue weighted by molar-refractivity contribution is 5.88. The number of morpholine rings is 1. The van der Waals surface area contributed by atoms with Crippen molar-refractivity contribution in [2.24, 2.45) is 0 Å². The molecule has 0 aromatic heterocycles. The van der Waals surface area contributed by atoms with Crippen LogP contribution < -0.4 is 4.74 Å². The van der Waals surface area contributed by atoms with Crippen molar-refractivity contribution in [2.75, 3.05) is 0 Å². The van der Waals surface area contributed by atoms with Crippen LogP contribution in [0.5, 0.6) is 5.75 Å². The van der Waals surface area contributed by atoms with Gasteiger partial charge >= 0.3 is 48.2 Å². The summed E-state index contributed by atoms with van der Waals surface area (Å²) in [5.74, 6) is -13.7. The lowest BCUT2D eigenvalue weighted by molar-refractivity contribution is -0.583. The zero-order valence-electron chi connectivity index (χ0n) is 14.4. The molecule has 180 valence electrons. The third kappa shape index (κ3) is 3.59. The summed E-state index contributed by atoms with van der Waals surface area (Å²) in [6, 6.07) is -12.7. The van der Waals surface area contributed by atoms with Crippen LogP contribution in [0.2, 0.25) is 0 Å². The molecule has 1 saturated heterocycles. The van der Waals surface area contributed by atoms with E-state index in [1.807, 2.05) is 4.74 Å². The molecule has 1 aliphatic heterocycles. The molecule has 1 atom stereocenters. The number of carbonyl (C=O) groups is 2. The van der Waals surface area contributed by atoms with Gasteiger partial charge in [-0.15, -0.1) is 4.90 Å². The molecule has 1 aromatic rings. The molecule has 0 spiro atoms. The van der Waals surface area contributed by atoms with Crippen LogP contribution in [0.1, 0.15) is 10.4 Å². The Bertz CT molecular complexity index is 890. The van der Waals surface area contributed by atoms with E-state index >= 15 is 0 Å². The highest BCUT2D eigenvalue weighted by atomic mass is 19.4. The summed E-state index contributed by atoms with van der Waals surface area (Å²) < 4.78 is 168. The van der Waals surface area contributed by atoms with E-state index in [1.165, 1.54) is 0 Å². The second-order valence-corrected chi connectivity index (χ2v) is 5.89. The Labute approximate surface area is 166 Å². The van der Waals surface area contributed by atoms with Crippen molar-refractivity contribution in [2.45, 2.75) is 36.3 Å². The average molecular weight is 495 g/mol. The number of carboxylic acid groups (broad SMARTS) is 1. The molecule has 32 heavy (non-hydrogen) atoms. The zero-order chi connectivity index (χ0) is 25.1. The fraction of sp³-hybridized carbons (Fsp3) is 0.429. The van der Waals surface area contributed by atoms with Crippen molar-refractivity contribution in [3.63, 3.8) is 0 Å². The van der Waals surface area contributed by atoms with Gasteiger partial charge in [-0.3, -0.25) is 0 Å². The number of carbonyl (C=O) groups excluding carboxylic acids is 1. The van der Waals surface area contributed by atoms with E-state index in [-0.39, 0.29) is 0 Å². The number of halogens is 12. The fourth-order valence-corrected chi connectivity index (χ4v) is 2.28. The Kier molecular flexibility index (Phi) is 5.68. The quantitative estimate of drug-likeness (QED) is 0.292. The molecule has 0 bridgehead atoms. The minimum Gasteiger partial charge on any atom is -0.478 e. The maximum atomic E-state index is 14.7. The van der Waals surface area contributed by atoms with E-state index in [0.717, 1.165) is 0 Å². The average Bonchev–Trinajstić information content (AvgIpc) is 2.58. The van der Waals surface area contributed by atoms with Gasteiger partial charge in [0.25, 0.3) is 0 Å². The number of carboxylic acids is 1. The molecule has 1 fully saturated rings. The number of aromatic carboxylic acids is 1. The van der Waals surface area contributed by atoms with Crippen molar-refractivity contribution in [1.82, 2.24) is 4.90 Å². The molecular formula is C14H5F12NO5. The van der Waals surface area contributed by atoms with Crippen molar-refractivity contribution < 1.29 is 76.9 Å². The summed E-state index contributed by atoms with van der Waals surface area (Å²) in [6.45, 7) is 0. The second-order valence-electron chi connectivity index (χ2n) is 5.89. The first-order valence-electron chi connectivity index (χ1n) is 7.46. The number of hydrogen-bond donors (Lipinski definition) is 1. The molecule has 1 N–H and O–H groups in total. The van der Waals surface area contributed by atoms with Gasteiger partial charge in [-0.1, -0.05) is 0 Å². The number of hydrogen-bond acceptors (Lipinski definition) is 5. The van der Waals surface area contributed by atoms with Crippen molar-refractivity contribution in [3.05, 3.63) is 29.8 Å². The van der Waals surface area contributed by atoms with Crippen LogP contribution in [0.3, 0.4) is 0 Å². The maximum Gasteiger partial charge on any atom is 0.448 e. The molecule has 6 nitrogen and oxygen atoms in total. The molecule has 0 aliphatic carbocycles. The van der Waals surface area contributed by atoms with Gasteiger partial charge in [-0.25, -0.2) is 18.7 Å². The smallest absolute Gasteiger partial charge is 0.448 e. The number of ether oxygens (including phenoxy) is 2. The topological polar surface area (TPSA) is 76.1 Å². The summed E-state index contributed by atoms with van der Waals surface area (Å²) in [5.41, 5.74) is -0.613. The summed E-state index contributed by atoms with van der Waals surface area (Å²) >= 11 is 0. The SMILES string of the molecule is O=C(O)c1ccc(OC(=O)[C@](F)(N2C(F)(F)C(F)(F)OC(F)(F)C2(F)F)C(F)(F)F)cc1. The molecule has 1 heterocycles. The van der Waals surface area contributed by atoms with Crippen molar-refractivity contribution in [1.29, 1.82) is 0 Å². The first-order chi connectivity index (χ1) is 14.1. The van der Waals surface area contributed by atoms with Crippen LogP contribution in [-0.2, 0) is 9.53 Å². The lowest BCUT2D eigenvalue weighted by Crippen LogP contribution is -2.82. The van der Waals surface area contributed by atoms with E-state index in [9.17, 15) is 62.3 Å². The highest BCUT2D eigenvalue weighted by Crippen LogP contribution is 2.60. The van der Waals surface area contributed by atoms with E-state index in [2.05, 4.69) is 4.74 Å². The van der Waals surface area contributed by atoms with Crippen LogP contribution in [-0.4, -0.2) is 58.2 Å². The van der Waals surface area contributed by atoms with Gasteiger partial charge in [0.15, 0.2) is 0 Å². The third-order valence-electron chi connectivity index (χ3n) is 3.78. The molecule has 0 saturated carbocycles. The third-order valence-corrected chi connectivity index (χ3v) is 3.78. The summed E-state index contributed by atoms with van der Waals surface area (Å²) in [5, 5.41) is 8.63. The predicted octanol–water partition coefficient (Wildman–Crippen LogP) is 4.22. The Morgan fingerprint density at radius 1 is 0.844 bits per heavy atom. The van der Waals surface area contributed by atoms with E-state index in [4.69, 9.17) is 5.11 Å². The largest absolute Gasteiger partial charge is 0.478 e. The normalized spacial score (nSPS) is 23.8. The summed E-state index contributed by atoms with van der Waals surface area (Å²) in [4.78, 5) is 18.7. The molecule has 0 unspecified atom stereocenters.